The van der Waals surface area contributed by atoms with E-state index in [0.29, 0.717) is 0 Å². The minimum atomic E-state index is -4.34. The summed E-state index contributed by atoms with van der Waals surface area (Å²) in [7, 11) is -8.68. The first-order chi connectivity index (χ1) is 12.6. The van der Waals surface area contributed by atoms with E-state index >= 15 is 0 Å². The Kier molecular flexibility index (Phi) is 11.6. The van der Waals surface area contributed by atoms with Crippen molar-refractivity contribution >= 4 is 27.1 Å². The Morgan fingerprint density at radius 3 is 1.41 bits per heavy atom. The quantitative estimate of drug-likeness (QED) is 0.344. The summed E-state index contributed by atoms with van der Waals surface area (Å²) < 4.78 is 48.6. The minimum absolute atomic E-state index is 0.101. The van der Waals surface area contributed by atoms with Gasteiger partial charge in [0, 0.05) is 6.42 Å². The molecule has 0 aromatic rings. The average Bonchev–Trinajstić information content (AvgIpc) is 2.53. The highest BCUT2D eigenvalue weighted by atomic mass is 31.2. The maximum Gasteiger partial charge on any atom is 0.349 e. The molecule has 0 amide bonds. The third-order valence-electron chi connectivity index (χ3n) is 3.62. The normalized spacial score (nSPS) is 12.9. The second-order valence-corrected chi connectivity index (χ2v) is 10.6. The van der Waals surface area contributed by atoms with Gasteiger partial charge in [0.25, 0.3) is 0 Å². The maximum absolute atomic E-state index is 13.7. The highest BCUT2D eigenvalue weighted by molar-refractivity contribution is 7.74. The Hall–Kier alpha value is -0.760. The van der Waals surface area contributed by atoms with Crippen LogP contribution >= 0.6 is 15.2 Å². The molecular formula is C15H30O10P2. The number of hydrogen-bond acceptors (Lipinski definition) is 8. The van der Waals surface area contributed by atoms with Crippen LogP contribution in [0.4, 0.5) is 0 Å². The van der Waals surface area contributed by atoms with Crippen molar-refractivity contribution in [3.63, 3.8) is 0 Å². The van der Waals surface area contributed by atoms with Crippen LogP contribution < -0.4 is 0 Å². The molecule has 0 saturated heterocycles. The number of carbonyl (C=O) groups is 2. The van der Waals surface area contributed by atoms with Crippen LogP contribution in [0, 0.1) is 0 Å². The Bertz CT molecular complexity index is 527. The molecular weight excluding hydrogens is 402 g/mol. The smallest absolute Gasteiger partial charge is 0.349 e. The molecule has 0 bridgehead atoms. The fraction of sp³-hybridized carbons (Fsp3) is 0.867. The number of hydrogen-bond donors (Lipinski definition) is 2. The molecule has 160 valence electrons. The van der Waals surface area contributed by atoms with Crippen LogP contribution in [-0.2, 0) is 36.8 Å². The van der Waals surface area contributed by atoms with Crippen LogP contribution in [0.5, 0.6) is 0 Å². The molecule has 0 aromatic heterocycles. The van der Waals surface area contributed by atoms with Gasteiger partial charge in [-0.25, -0.2) is 0 Å². The van der Waals surface area contributed by atoms with Crippen molar-refractivity contribution in [3.05, 3.63) is 0 Å². The van der Waals surface area contributed by atoms with Gasteiger partial charge >= 0.3 is 27.1 Å². The van der Waals surface area contributed by atoms with Gasteiger partial charge < -0.3 is 28.3 Å². The summed E-state index contributed by atoms with van der Waals surface area (Å²) in [6, 6.07) is 0. The maximum atomic E-state index is 13.7. The van der Waals surface area contributed by atoms with Gasteiger partial charge in [0.2, 0.25) is 0 Å². The lowest BCUT2D eigenvalue weighted by Crippen LogP contribution is -2.36. The van der Waals surface area contributed by atoms with Gasteiger partial charge in [-0.1, -0.05) is 0 Å². The van der Waals surface area contributed by atoms with Crippen molar-refractivity contribution in [1.82, 2.24) is 0 Å². The molecule has 0 aliphatic rings. The van der Waals surface area contributed by atoms with Crippen molar-refractivity contribution in [2.24, 2.45) is 0 Å². The highest BCUT2D eigenvalue weighted by Crippen LogP contribution is 2.80. The number of aliphatic carboxylic acids is 2. The van der Waals surface area contributed by atoms with Crippen LogP contribution in [0.2, 0.25) is 0 Å². The standard InChI is InChI=1S/C15H30O10P2/c1-5-22-26(20,23-6-2)15(12-14(18)19,11-9-10-13(16)17)27(21,24-7-3)25-8-4/h5-12H2,1-4H3,(H,16,17)(H,18,19). The van der Waals surface area contributed by atoms with Crippen LogP contribution in [0.15, 0.2) is 0 Å². The van der Waals surface area contributed by atoms with Crippen LogP contribution in [-0.4, -0.2) is 53.5 Å². The molecule has 0 radical (unpaired) electrons. The third-order valence-corrected chi connectivity index (χ3v) is 10.3. The Morgan fingerprint density at radius 2 is 1.15 bits per heavy atom. The first-order valence-corrected chi connectivity index (χ1v) is 11.9. The molecule has 0 heterocycles. The molecule has 10 nitrogen and oxygen atoms in total. The summed E-state index contributed by atoms with van der Waals surface area (Å²) in [4.78, 5) is 20.4. The third kappa shape index (κ3) is 6.66. The second kappa shape index (κ2) is 11.9. The lowest BCUT2D eigenvalue weighted by Gasteiger charge is -2.41. The van der Waals surface area contributed by atoms with Gasteiger partial charge in [0.05, 0.1) is 32.8 Å². The van der Waals surface area contributed by atoms with Crippen LogP contribution in [0.3, 0.4) is 0 Å². The van der Waals surface area contributed by atoms with E-state index in [-0.39, 0.29) is 45.7 Å². The Labute approximate surface area is 159 Å². The fourth-order valence-corrected chi connectivity index (χ4v) is 8.59. The minimum Gasteiger partial charge on any atom is -0.481 e. The summed E-state index contributed by atoms with van der Waals surface area (Å²) >= 11 is 0. The van der Waals surface area contributed by atoms with Gasteiger partial charge in [-0.2, -0.15) is 0 Å². The SMILES string of the molecule is CCOP(=O)(OCC)C(CCCC(=O)O)(CC(=O)O)P(=O)(OCC)OCC. The zero-order valence-electron chi connectivity index (χ0n) is 16.2. The van der Waals surface area contributed by atoms with E-state index < -0.39 is 38.4 Å². The van der Waals surface area contributed by atoms with Gasteiger partial charge in [0.15, 0.2) is 4.90 Å². The van der Waals surface area contributed by atoms with Gasteiger partial charge in [-0.05, 0) is 40.5 Å². The topological polar surface area (TPSA) is 146 Å². The zero-order chi connectivity index (χ0) is 21.1. The van der Waals surface area contributed by atoms with E-state index in [1.807, 2.05) is 0 Å². The fourth-order valence-electron chi connectivity index (χ4n) is 2.71. The summed E-state index contributed by atoms with van der Waals surface area (Å²) in [6.45, 7) is 5.71. The molecule has 0 aromatic carbocycles. The van der Waals surface area contributed by atoms with Gasteiger partial charge in [0.1, 0.15) is 0 Å². The van der Waals surface area contributed by atoms with E-state index in [0.717, 1.165) is 0 Å². The lowest BCUT2D eigenvalue weighted by atomic mass is 10.1. The molecule has 12 heteroatoms. The number of rotatable bonds is 16. The number of carboxylic acid groups (broad SMARTS) is 2. The zero-order valence-corrected chi connectivity index (χ0v) is 18.0. The van der Waals surface area contributed by atoms with Crippen molar-refractivity contribution in [2.45, 2.75) is 58.3 Å². The monoisotopic (exact) mass is 432 g/mol. The number of carboxylic acids is 2. The first kappa shape index (κ1) is 26.2. The highest BCUT2D eigenvalue weighted by Gasteiger charge is 2.65. The lowest BCUT2D eigenvalue weighted by molar-refractivity contribution is -0.137. The Morgan fingerprint density at radius 1 is 0.778 bits per heavy atom. The van der Waals surface area contributed by atoms with E-state index in [4.69, 9.17) is 23.2 Å². The van der Waals surface area contributed by atoms with E-state index in [1.165, 1.54) is 27.7 Å². The summed E-state index contributed by atoms with van der Waals surface area (Å²) in [5, 5.41) is 18.4. The molecule has 0 atom stereocenters. The average molecular weight is 432 g/mol. The molecule has 0 unspecified atom stereocenters. The molecule has 0 rings (SSSR count). The molecule has 0 aliphatic heterocycles. The van der Waals surface area contributed by atoms with Crippen molar-refractivity contribution in [1.29, 1.82) is 0 Å². The van der Waals surface area contributed by atoms with Crippen LogP contribution in [0.1, 0.15) is 53.4 Å². The largest absolute Gasteiger partial charge is 0.481 e. The Balaban J connectivity index is 6.60. The van der Waals surface area contributed by atoms with Crippen molar-refractivity contribution in [3.8, 4) is 0 Å². The van der Waals surface area contributed by atoms with E-state index in [2.05, 4.69) is 0 Å². The predicted octanol–water partition coefficient (Wildman–Crippen LogP) is 3.94. The van der Waals surface area contributed by atoms with Gasteiger partial charge in [-0.3, -0.25) is 18.7 Å². The summed E-state index contributed by atoms with van der Waals surface area (Å²) in [5.74, 6) is -2.55. The molecule has 0 saturated carbocycles. The molecule has 27 heavy (non-hydrogen) atoms. The van der Waals surface area contributed by atoms with Gasteiger partial charge in [-0.15, -0.1) is 0 Å². The van der Waals surface area contributed by atoms with Crippen LogP contribution in [0.25, 0.3) is 0 Å². The summed E-state index contributed by atoms with van der Waals surface area (Å²) in [5.41, 5.74) is 0. The van der Waals surface area contributed by atoms with E-state index in [1.54, 1.807) is 0 Å². The molecule has 0 aliphatic carbocycles. The second-order valence-electron chi connectivity index (χ2n) is 5.47. The molecule has 2 N–H and O–H groups in total. The van der Waals surface area contributed by atoms with Crippen molar-refractivity contribution in [2.75, 3.05) is 26.4 Å². The predicted molar refractivity (Wildman–Crippen MR) is 98.2 cm³/mol. The molecule has 0 spiro atoms. The summed E-state index contributed by atoms with van der Waals surface area (Å²) in [6.07, 6.45) is -1.70. The first-order valence-electron chi connectivity index (χ1n) is 8.80. The van der Waals surface area contributed by atoms with E-state index in [9.17, 15) is 23.8 Å². The van der Waals surface area contributed by atoms with Crippen molar-refractivity contribution < 1.29 is 47.0 Å². The molecule has 0 fully saturated rings.